The zero-order valence-corrected chi connectivity index (χ0v) is 18.4. The summed E-state index contributed by atoms with van der Waals surface area (Å²) in [6.45, 7) is 6.15. The van der Waals surface area contributed by atoms with Crippen molar-refractivity contribution in [3.05, 3.63) is 63.2 Å². The summed E-state index contributed by atoms with van der Waals surface area (Å²) in [5.41, 5.74) is 4.47. The number of alkyl halides is 2. The molecule has 2 heterocycles. The fourth-order valence-electron chi connectivity index (χ4n) is 3.81. The molecule has 31 heavy (non-hydrogen) atoms. The Hall–Kier alpha value is -2.74. The molecule has 1 aliphatic carbocycles. The minimum Gasteiger partial charge on any atom is -0.321 e. The number of rotatable bonds is 7. The van der Waals surface area contributed by atoms with E-state index in [1.165, 1.54) is 10.2 Å². The molecule has 1 fully saturated rings. The molecule has 164 valence electrons. The van der Waals surface area contributed by atoms with Crippen molar-refractivity contribution in [1.82, 2.24) is 19.6 Å². The predicted octanol–water partition coefficient (Wildman–Crippen LogP) is 5.16. The Morgan fingerprint density at radius 1 is 1.23 bits per heavy atom. The van der Waals surface area contributed by atoms with Crippen LogP contribution in [0.4, 0.5) is 14.5 Å². The third-order valence-electron chi connectivity index (χ3n) is 5.48. The summed E-state index contributed by atoms with van der Waals surface area (Å²) in [7, 11) is 0. The van der Waals surface area contributed by atoms with E-state index in [0.717, 1.165) is 24.1 Å². The van der Waals surface area contributed by atoms with Crippen molar-refractivity contribution in [3.8, 4) is 0 Å². The Labute approximate surface area is 184 Å². The number of hydrogen-bond acceptors (Lipinski definition) is 3. The van der Waals surface area contributed by atoms with Crippen LogP contribution >= 0.6 is 11.6 Å². The lowest BCUT2D eigenvalue weighted by Gasteiger charge is -2.09. The van der Waals surface area contributed by atoms with Gasteiger partial charge in [-0.3, -0.25) is 14.2 Å². The molecule has 3 aromatic rings. The predicted molar refractivity (Wildman–Crippen MR) is 115 cm³/mol. The van der Waals surface area contributed by atoms with E-state index in [4.69, 9.17) is 11.6 Å². The number of benzene rings is 1. The van der Waals surface area contributed by atoms with Crippen LogP contribution in [0.5, 0.6) is 0 Å². The number of hydrogen-bond donors (Lipinski definition) is 1. The minimum atomic E-state index is -2.78. The summed E-state index contributed by atoms with van der Waals surface area (Å²) in [5, 5.41) is 11.3. The summed E-state index contributed by atoms with van der Waals surface area (Å²) in [6, 6.07) is 8.16. The second-order valence-corrected chi connectivity index (χ2v) is 8.44. The van der Waals surface area contributed by atoms with Gasteiger partial charge in [-0.05, 0) is 39.2 Å². The average Bonchev–Trinajstić information content (AvgIpc) is 3.43. The fraction of sp³-hybridized carbons (Fsp3) is 0.409. The quantitative estimate of drug-likeness (QED) is 0.544. The van der Waals surface area contributed by atoms with Gasteiger partial charge in [0.05, 0.1) is 34.3 Å². The number of amides is 1. The van der Waals surface area contributed by atoms with Gasteiger partial charge < -0.3 is 5.32 Å². The number of carbonyl (C=O) groups excluding carboxylic acids is 1. The Morgan fingerprint density at radius 3 is 2.61 bits per heavy atom. The van der Waals surface area contributed by atoms with Gasteiger partial charge in [0.25, 0.3) is 6.43 Å². The van der Waals surface area contributed by atoms with Crippen molar-refractivity contribution in [1.29, 1.82) is 0 Å². The van der Waals surface area contributed by atoms with Crippen LogP contribution < -0.4 is 5.32 Å². The van der Waals surface area contributed by atoms with E-state index < -0.39 is 12.1 Å². The van der Waals surface area contributed by atoms with Gasteiger partial charge in [-0.1, -0.05) is 41.4 Å². The average molecular weight is 448 g/mol. The van der Waals surface area contributed by atoms with Crippen LogP contribution in [0.15, 0.2) is 24.3 Å². The highest BCUT2D eigenvalue weighted by atomic mass is 35.5. The molecule has 0 aliphatic heterocycles. The third-order valence-corrected chi connectivity index (χ3v) is 5.87. The molecule has 4 rings (SSSR count). The zero-order valence-electron chi connectivity index (χ0n) is 17.6. The molecule has 1 N–H and O–H groups in total. The van der Waals surface area contributed by atoms with E-state index in [1.54, 1.807) is 0 Å². The normalized spacial score (nSPS) is 13.8. The van der Waals surface area contributed by atoms with Crippen molar-refractivity contribution in [3.63, 3.8) is 0 Å². The number of aryl methyl sites for hydroxylation is 2. The lowest BCUT2D eigenvalue weighted by atomic mass is 10.1. The molecule has 0 saturated heterocycles. The number of carbonyl (C=O) groups is 1. The maximum atomic E-state index is 13.2. The van der Waals surface area contributed by atoms with Crippen LogP contribution in [0.2, 0.25) is 5.02 Å². The molecule has 0 radical (unpaired) electrons. The van der Waals surface area contributed by atoms with E-state index >= 15 is 0 Å². The summed E-state index contributed by atoms with van der Waals surface area (Å²) in [6.07, 6.45) is -1.06. The SMILES string of the molecule is Cc1cccc(Cn2nc(C)c(NC(=O)Cn3nc(C(F)F)c(Cl)c3C3CC3)c2C)c1. The first-order valence-corrected chi connectivity index (χ1v) is 10.6. The zero-order chi connectivity index (χ0) is 22.3. The van der Waals surface area contributed by atoms with Gasteiger partial charge in [-0.15, -0.1) is 0 Å². The fourth-order valence-corrected chi connectivity index (χ4v) is 4.18. The molecule has 1 aromatic carbocycles. The molecule has 0 atom stereocenters. The van der Waals surface area contributed by atoms with Gasteiger partial charge in [-0.2, -0.15) is 10.2 Å². The Balaban J connectivity index is 1.52. The second-order valence-electron chi connectivity index (χ2n) is 8.06. The van der Waals surface area contributed by atoms with Gasteiger partial charge in [0.15, 0.2) is 0 Å². The minimum absolute atomic E-state index is 0.0244. The number of aromatic nitrogens is 4. The number of anilines is 1. The Morgan fingerprint density at radius 2 is 1.97 bits per heavy atom. The largest absolute Gasteiger partial charge is 0.321 e. The van der Waals surface area contributed by atoms with Crippen LogP contribution in [0.25, 0.3) is 0 Å². The molecule has 0 bridgehead atoms. The highest BCUT2D eigenvalue weighted by Crippen LogP contribution is 2.45. The first kappa shape index (κ1) is 21.5. The standard InChI is InChI=1S/C22H24ClF2N5O/c1-12-5-4-6-15(9-12)10-29-14(3)19(13(2)27-29)26-17(31)11-30-21(16-7-8-16)18(23)20(28-30)22(24)25/h4-6,9,16,22H,7-8,10-11H2,1-3H3,(H,26,31). The smallest absolute Gasteiger partial charge is 0.283 e. The number of nitrogens with one attached hydrogen (secondary N) is 1. The van der Waals surface area contributed by atoms with Crippen LogP contribution in [0, 0.1) is 20.8 Å². The van der Waals surface area contributed by atoms with Gasteiger partial charge >= 0.3 is 0 Å². The monoisotopic (exact) mass is 447 g/mol. The third kappa shape index (κ3) is 4.49. The van der Waals surface area contributed by atoms with Crippen molar-refractivity contribution in [2.24, 2.45) is 0 Å². The van der Waals surface area contributed by atoms with Crippen LogP contribution in [0.3, 0.4) is 0 Å². The van der Waals surface area contributed by atoms with Gasteiger partial charge in [0.2, 0.25) is 5.91 Å². The van der Waals surface area contributed by atoms with Crippen LogP contribution in [0.1, 0.15) is 59.1 Å². The van der Waals surface area contributed by atoms with E-state index in [2.05, 4.69) is 21.6 Å². The van der Waals surface area contributed by atoms with Crippen molar-refractivity contribution < 1.29 is 13.6 Å². The second kappa shape index (κ2) is 8.42. The summed E-state index contributed by atoms with van der Waals surface area (Å²) in [4.78, 5) is 12.7. The number of nitrogens with zero attached hydrogens (tertiary/aromatic N) is 4. The van der Waals surface area contributed by atoms with Crippen LogP contribution in [-0.4, -0.2) is 25.5 Å². The molecule has 0 unspecified atom stereocenters. The molecular formula is C22H24ClF2N5O. The molecule has 9 heteroatoms. The van der Waals surface area contributed by atoms with E-state index in [1.807, 2.05) is 43.7 Å². The van der Waals surface area contributed by atoms with Crippen molar-refractivity contribution in [2.45, 2.75) is 59.0 Å². The molecule has 1 saturated carbocycles. The summed E-state index contributed by atoms with van der Waals surface area (Å²) in [5.74, 6) is -0.274. The maximum absolute atomic E-state index is 13.2. The van der Waals surface area contributed by atoms with Gasteiger partial charge in [-0.25, -0.2) is 8.78 Å². The molecule has 0 spiro atoms. The Kier molecular flexibility index (Phi) is 5.83. The topological polar surface area (TPSA) is 64.7 Å². The van der Waals surface area contributed by atoms with E-state index in [9.17, 15) is 13.6 Å². The lowest BCUT2D eigenvalue weighted by molar-refractivity contribution is -0.117. The van der Waals surface area contributed by atoms with Gasteiger partial charge in [0, 0.05) is 5.92 Å². The molecule has 2 aromatic heterocycles. The van der Waals surface area contributed by atoms with Crippen molar-refractivity contribution >= 4 is 23.2 Å². The summed E-state index contributed by atoms with van der Waals surface area (Å²) < 4.78 is 29.6. The first-order chi connectivity index (χ1) is 14.7. The number of halogens is 3. The van der Waals surface area contributed by atoms with Crippen LogP contribution in [-0.2, 0) is 17.9 Å². The maximum Gasteiger partial charge on any atom is 0.283 e. The molecule has 6 nitrogen and oxygen atoms in total. The lowest BCUT2D eigenvalue weighted by Crippen LogP contribution is -2.21. The molecule has 1 aliphatic rings. The highest BCUT2D eigenvalue weighted by Gasteiger charge is 2.34. The summed E-state index contributed by atoms with van der Waals surface area (Å²) >= 11 is 6.14. The van der Waals surface area contributed by atoms with E-state index in [0.29, 0.717) is 23.6 Å². The van der Waals surface area contributed by atoms with Gasteiger partial charge in [0.1, 0.15) is 12.2 Å². The molecule has 1 amide bonds. The van der Waals surface area contributed by atoms with E-state index in [-0.39, 0.29) is 23.4 Å². The highest BCUT2D eigenvalue weighted by molar-refractivity contribution is 6.32. The Bertz CT molecular complexity index is 1130. The van der Waals surface area contributed by atoms with Crippen molar-refractivity contribution in [2.75, 3.05) is 5.32 Å². The first-order valence-electron chi connectivity index (χ1n) is 10.2. The molecular weight excluding hydrogens is 424 g/mol.